The number of hydrogen-bond acceptors (Lipinski definition) is 10. The van der Waals surface area contributed by atoms with Gasteiger partial charge in [-0.2, -0.15) is 0 Å². The minimum Gasteiger partial charge on any atom is -0.497 e. The van der Waals surface area contributed by atoms with Crippen LogP contribution in [0, 0.1) is 0 Å². The molecule has 0 unspecified atom stereocenters. The van der Waals surface area contributed by atoms with Gasteiger partial charge in [-0.15, -0.1) is 0 Å². The molecule has 1 fully saturated rings. The van der Waals surface area contributed by atoms with Gasteiger partial charge in [-0.25, -0.2) is 4.98 Å². The van der Waals surface area contributed by atoms with Crippen molar-refractivity contribution in [3.63, 3.8) is 0 Å². The summed E-state index contributed by atoms with van der Waals surface area (Å²) < 4.78 is 19.7. The zero-order valence-corrected chi connectivity index (χ0v) is 30.9. The Bertz CT molecular complexity index is 1910. The maximum absolute atomic E-state index is 14.6. The number of amides is 4. The van der Waals surface area contributed by atoms with Crippen molar-refractivity contribution in [3.05, 3.63) is 103 Å². The number of aliphatic hydroxyl groups is 1. The monoisotopic (exact) mass is 753 g/mol. The molecule has 3 aromatic carbocycles. The lowest BCUT2D eigenvalue weighted by Crippen LogP contribution is -2.62. The van der Waals surface area contributed by atoms with Crippen LogP contribution in [0.4, 0.5) is 0 Å². The molecule has 5 N–H and O–H groups in total. The molecule has 15 heteroatoms. The van der Waals surface area contributed by atoms with Gasteiger partial charge < -0.3 is 45.2 Å². The molecular weight excluding hydrogens is 706 g/mol. The number of nitrogens with zero attached hydrogens (tertiary/aromatic N) is 3. The number of aromatic nitrogens is 2. The van der Waals surface area contributed by atoms with E-state index in [4.69, 9.17) is 14.2 Å². The van der Waals surface area contributed by atoms with E-state index in [1.54, 1.807) is 37.6 Å². The number of hydrogen-bond donors (Lipinski definition) is 5. The number of carbonyl (C=O) groups excluding carboxylic acids is 4. The fourth-order valence-corrected chi connectivity index (χ4v) is 6.60. The Morgan fingerprint density at radius 2 is 1.55 bits per heavy atom. The number of benzene rings is 3. The average Bonchev–Trinajstić information content (AvgIpc) is 3.67. The van der Waals surface area contributed by atoms with Crippen LogP contribution in [0.3, 0.4) is 0 Å². The molecule has 290 valence electrons. The number of rotatable bonds is 7. The average molecular weight is 754 g/mol. The van der Waals surface area contributed by atoms with Crippen molar-refractivity contribution < 1.29 is 38.5 Å². The molecule has 1 aromatic heterocycles. The summed E-state index contributed by atoms with van der Waals surface area (Å²) >= 11 is 0. The van der Waals surface area contributed by atoms with E-state index in [-0.39, 0.29) is 19.6 Å². The Morgan fingerprint density at radius 1 is 0.855 bits per heavy atom. The Labute approximate surface area is 319 Å². The summed E-state index contributed by atoms with van der Waals surface area (Å²) in [5, 5.41) is 20.9. The Balaban J connectivity index is 1.26. The molecule has 3 atom stereocenters. The highest BCUT2D eigenvalue weighted by Crippen LogP contribution is 2.32. The van der Waals surface area contributed by atoms with Gasteiger partial charge in [-0.1, -0.05) is 30.3 Å². The summed E-state index contributed by atoms with van der Waals surface area (Å²) in [5.74, 6) is 0.149. The first kappa shape index (κ1) is 38.8. The van der Waals surface area contributed by atoms with Crippen LogP contribution in [-0.4, -0.2) is 107 Å². The summed E-state index contributed by atoms with van der Waals surface area (Å²) in [4.78, 5) is 61.1. The molecule has 3 aliphatic heterocycles. The second-order valence-electron chi connectivity index (χ2n) is 13.6. The SMILES string of the molecule is COc1ccc(-n2ccnc2CN2CCC3(CC2)Oc2ccc(cc2)OCCNC(=O)[C@H](C)NC(=O)[C@H](CO)NC(=O)[C@@H](Cc2ccccc2)NC3=O)cc1. The van der Waals surface area contributed by atoms with E-state index in [2.05, 4.69) is 31.2 Å². The molecule has 4 amide bonds. The van der Waals surface area contributed by atoms with Crippen LogP contribution < -0.4 is 35.5 Å². The molecule has 4 heterocycles. The summed E-state index contributed by atoms with van der Waals surface area (Å²) in [6.45, 7) is 2.56. The van der Waals surface area contributed by atoms with Crippen LogP contribution in [-0.2, 0) is 32.1 Å². The number of ether oxygens (including phenoxy) is 3. The number of piperidine rings is 1. The molecule has 55 heavy (non-hydrogen) atoms. The van der Waals surface area contributed by atoms with Gasteiger partial charge in [0, 0.05) is 50.4 Å². The number of nitrogens with one attached hydrogen (secondary N) is 4. The maximum Gasteiger partial charge on any atom is 0.264 e. The van der Waals surface area contributed by atoms with Crippen LogP contribution in [0.2, 0.25) is 0 Å². The van der Waals surface area contributed by atoms with Crippen molar-refractivity contribution in [2.24, 2.45) is 0 Å². The van der Waals surface area contributed by atoms with Crippen LogP contribution in [0.5, 0.6) is 17.2 Å². The van der Waals surface area contributed by atoms with Crippen LogP contribution in [0.25, 0.3) is 5.69 Å². The molecule has 15 nitrogen and oxygen atoms in total. The lowest BCUT2D eigenvalue weighted by Gasteiger charge is -2.41. The van der Waals surface area contributed by atoms with Crippen molar-refractivity contribution in [1.82, 2.24) is 35.7 Å². The molecule has 0 radical (unpaired) electrons. The van der Waals surface area contributed by atoms with E-state index in [0.29, 0.717) is 44.0 Å². The molecule has 3 aliphatic rings. The first-order valence-corrected chi connectivity index (χ1v) is 18.3. The van der Waals surface area contributed by atoms with E-state index < -0.39 is 54.0 Å². The van der Waals surface area contributed by atoms with Crippen LogP contribution in [0.15, 0.2) is 91.3 Å². The standard InChI is InChI=1S/C40H47N7O8/c1-27-36(49)42-19-23-54-31-12-14-32(15-13-31)55-40(16-20-46(21-17-40)25-35-41-18-22-47(35)29-8-10-30(53-2)11-9-29)39(52)45-33(24-28-6-4-3-5-7-28)37(50)44-34(26-48)38(51)43-27/h3-15,18,22,27,33-34,48H,16-17,19-21,23-26H2,1-2H3,(H,42,49)(H,43,51)(H,44,50)(H,45,52)/t27-,33+,34-/m0/s1. The van der Waals surface area contributed by atoms with Crippen molar-refractivity contribution in [1.29, 1.82) is 0 Å². The summed E-state index contributed by atoms with van der Waals surface area (Å²) in [7, 11) is 1.62. The van der Waals surface area contributed by atoms with Crippen LogP contribution >= 0.6 is 0 Å². The fraction of sp³-hybridized carbons (Fsp3) is 0.375. The molecule has 1 saturated heterocycles. The van der Waals surface area contributed by atoms with Crippen LogP contribution in [0.1, 0.15) is 31.2 Å². The van der Waals surface area contributed by atoms with Crippen molar-refractivity contribution in [3.8, 4) is 22.9 Å². The third kappa shape index (κ3) is 9.79. The Kier molecular flexibility index (Phi) is 12.6. The van der Waals surface area contributed by atoms with Gasteiger partial charge in [-0.3, -0.25) is 24.1 Å². The van der Waals surface area contributed by atoms with Crippen molar-refractivity contribution in [2.45, 2.75) is 56.5 Å². The lowest BCUT2D eigenvalue weighted by molar-refractivity contribution is -0.144. The summed E-state index contributed by atoms with van der Waals surface area (Å²) in [5.41, 5.74) is 0.337. The lowest BCUT2D eigenvalue weighted by atomic mass is 9.89. The highest BCUT2D eigenvalue weighted by atomic mass is 16.5. The van der Waals surface area contributed by atoms with E-state index in [9.17, 15) is 24.3 Å². The summed E-state index contributed by atoms with van der Waals surface area (Å²) in [6.07, 6.45) is 4.34. The van der Waals surface area contributed by atoms with Gasteiger partial charge in [-0.05, 0) is 61.0 Å². The van der Waals surface area contributed by atoms with Gasteiger partial charge in [0.2, 0.25) is 17.7 Å². The second-order valence-corrected chi connectivity index (χ2v) is 13.6. The number of methoxy groups -OCH3 is 1. The fourth-order valence-electron chi connectivity index (χ4n) is 6.60. The van der Waals surface area contributed by atoms with E-state index in [1.165, 1.54) is 6.92 Å². The normalized spacial score (nSPS) is 21.3. The number of aliphatic hydroxyl groups excluding tert-OH is 1. The van der Waals surface area contributed by atoms with Crippen molar-refractivity contribution in [2.75, 3.05) is 40.0 Å². The molecule has 4 aromatic rings. The largest absolute Gasteiger partial charge is 0.497 e. The molecule has 0 saturated carbocycles. The van der Waals surface area contributed by atoms with Gasteiger partial charge >= 0.3 is 0 Å². The van der Waals surface area contributed by atoms with Gasteiger partial charge in [0.05, 0.1) is 26.8 Å². The van der Waals surface area contributed by atoms with Crippen molar-refractivity contribution >= 4 is 23.6 Å². The second kappa shape index (κ2) is 17.9. The highest BCUT2D eigenvalue weighted by Gasteiger charge is 2.45. The quantitative estimate of drug-likeness (QED) is 0.174. The third-order valence-electron chi connectivity index (χ3n) is 9.79. The first-order chi connectivity index (χ1) is 26.7. The Morgan fingerprint density at radius 3 is 2.24 bits per heavy atom. The van der Waals surface area contributed by atoms with Gasteiger partial charge in [0.1, 0.15) is 47.8 Å². The minimum atomic E-state index is -1.39. The smallest absolute Gasteiger partial charge is 0.264 e. The highest BCUT2D eigenvalue weighted by molar-refractivity contribution is 5.95. The van der Waals surface area contributed by atoms with E-state index >= 15 is 0 Å². The number of fused-ring (bicyclic) bond motifs is 15. The topological polar surface area (TPSA) is 185 Å². The molecule has 0 aliphatic carbocycles. The van der Waals surface area contributed by atoms with E-state index in [1.807, 2.05) is 65.4 Å². The first-order valence-electron chi connectivity index (χ1n) is 18.3. The molecule has 7 rings (SSSR count). The predicted molar refractivity (Wildman–Crippen MR) is 202 cm³/mol. The maximum atomic E-state index is 14.6. The Hall–Kier alpha value is -5.93. The predicted octanol–water partition coefficient (Wildman–Crippen LogP) is 1.51. The molecular formula is C40H47N7O8. The van der Waals surface area contributed by atoms with Gasteiger partial charge in [0.25, 0.3) is 5.91 Å². The number of imidazole rings is 1. The van der Waals surface area contributed by atoms with Gasteiger partial charge in [0.15, 0.2) is 5.60 Å². The summed E-state index contributed by atoms with van der Waals surface area (Å²) in [6, 6.07) is 20.3. The number of likely N-dealkylation sites (tertiary alicyclic amines) is 1. The molecule has 1 spiro atoms. The zero-order valence-electron chi connectivity index (χ0n) is 30.9. The third-order valence-corrected chi connectivity index (χ3v) is 9.79. The zero-order chi connectivity index (χ0) is 38.8. The molecule has 2 bridgehead atoms. The minimum absolute atomic E-state index is 0.0965. The number of carbonyl (C=O) groups is 4. The van der Waals surface area contributed by atoms with E-state index in [0.717, 1.165) is 22.8 Å².